The molecule has 0 saturated heterocycles. The summed E-state index contributed by atoms with van der Waals surface area (Å²) in [5, 5.41) is 3.52. The fourth-order valence-corrected chi connectivity index (χ4v) is 3.72. The van der Waals surface area contributed by atoms with Gasteiger partial charge in [0.1, 0.15) is 13.2 Å². The van der Waals surface area contributed by atoms with Crippen molar-refractivity contribution in [3.8, 4) is 11.5 Å². The summed E-state index contributed by atoms with van der Waals surface area (Å²) in [4.78, 5) is 0. The Labute approximate surface area is 121 Å². The Morgan fingerprint density at radius 1 is 1.20 bits per heavy atom. The van der Waals surface area contributed by atoms with E-state index in [0.717, 1.165) is 23.3 Å². The maximum absolute atomic E-state index is 5.71. The van der Waals surface area contributed by atoms with Crippen LogP contribution in [0.15, 0.2) is 18.2 Å². The average Bonchev–Trinajstić information content (AvgIpc) is 2.97. The van der Waals surface area contributed by atoms with Gasteiger partial charge in [-0.3, -0.25) is 0 Å². The molecule has 1 saturated carbocycles. The predicted molar refractivity (Wildman–Crippen MR) is 80.4 cm³/mol. The van der Waals surface area contributed by atoms with Crippen LogP contribution in [0.1, 0.15) is 44.2 Å². The molecule has 20 heavy (non-hydrogen) atoms. The smallest absolute Gasteiger partial charge is 0.161 e. The second-order valence-corrected chi connectivity index (χ2v) is 6.02. The van der Waals surface area contributed by atoms with E-state index in [9.17, 15) is 0 Å². The van der Waals surface area contributed by atoms with E-state index >= 15 is 0 Å². The summed E-state index contributed by atoms with van der Waals surface area (Å²) in [6.45, 7) is 3.62. The lowest BCUT2D eigenvalue weighted by molar-refractivity contribution is 0.171. The Hall–Kier alpha value is -1.22. The minimum atomic E-state index is 0.433. The molecule has 0 aromatic heterocycles. The Morgan fingerprint density at radius 3 is 2.70 bits per heavy atom. The first-order chi connectivity index (χ1) is 9.81. The van der Waals surface area contributed by atoms with Crippen LogP contribution in [0.3, 0.4) is 0 Å². The van der Waals surface area contributed by atoms with Crippen LogP contribution in [0.25, 0.3) is 0 Å². The number of ether oxygens (including phenoxy) is 2. The van der Waals surface area contributed by atoms with E-state index in [1.165, 1.54) is 31.2 Å². The van der Waals surface area contributed by atoms with Gasteiger partial charge in [0, 0.05) is 6.04 Å². The summed E-state index contributed by atoms with van der Waals surface area (Å²) >= 11 is 0. The van der Waals surface area contributed by atoms with Gasteiger partial charge < -0.3 is 14.8 Å². The maximum Gasteiger partial charge on any atom is 0.161 e. The van der Waals surface area contributed by atoms with Crippen molar-refractivity contribution in [1.29, 1.82) is 0 Å². The fraction of sp³-hybridized carbons (Fsp3) is 0.647. The third-order valence-corrected chi connectivity index (χ3v) is 4.87. The van der Waals surface area contributed by atoms with Gasteiger partial charge in [-0.25, -0.2) is 0 Å². The number of nitrogens with one attached hydrogen (secondary N) is 1. The molecule has 0 amide bonds. The molecule has 0 spiro atoms. The highest BCUT2D eigenvalue weighted by Gasteiger charge is 2.30. The van der Waals surface area contributed by atoms with E-state index < -0.39 is 0 Å². The van der Waals surface area contributed by atoms with Gasteiger partial charge in [-0.2, -0.15) is 0 Å². The second kappa shape index (κ2) is 6.04. The third kappa shape index (κ3) is 2.64. The zero-order valence-electron chi connectivity index (χ0n) is 12.5. The van der Waals surface area contributed by atoms with Crippen molar-refractivity contribution in [1.82, 2.24) is 5.32 Å². The van der Waals surface area contributed by atoms with E-state index in [0.29, 0.717) is 19.3 Å². The molecule has 1 N–H and O–H groups in total. The van der Waals surface area contributed by atoms with Crippen LogP contribution < -0.4 is 14.8 Å². The number of hydrogen-bond acceptors (Lipinski definition) is 3. The number of rotatable bonds is 4. The highest BCUT2D eigenvalue weighted by molar-refractivity contribution is 5.44. The van der Waals surface area contributed by atoms with Crippen molar-refractivity contribution >= 4 is 0 Å². The second-order valence-electron chi connectivity index (χ2n) is 6.02. The monoisotopic (exact) mass is 275 g/mol. The van der Waals surface area contributed by atoms with E-state index in [1.807, 2.05) is 0 Å². The molecule has 110 valence electrons. The number of benzene rings is 1. The molecular weight excluding hydrogens is 250 g/mol. The van der Waals surface area contributed by atoms with Gasteiger partial charge in [0.2, 0.25) is 0 Å². The van der Waals surface area contributed by atoms with Gasteiger partial charge >= 0.3 is 0 Å². The van der Waals surface area contributed by atoms with Crippen LogP contribution in [0.4, 0.5) is 0 Å². The normalized spacial score (nSPS) is 26.5. The summed E-state index contributed by atoms with van der Waals surface area (Å²) in [6, 6.07) is 6.84. The van der Waals surface area contributed by atoms with Crippen LogP contribution >= 0.6 is 0 Å². The Bertz CT molecular complexity index is 460. The minimum Gasteiger partial charge on any atom is -0.486 e. The molecule has 1 aromatic rings. The first-order valence-corrected chi connectivity index (χ1v) is 7.88. The van der Waals surface area contributed by atoms with E-state index in [1.54, 1.807) is 0 Å². The van der Waals surface area contributed by atoms with E-state index in [4.69, 9.17) is 9.47 Å². The molecular formula is C17H25NO2. The van der Waals surface area contributed by atoms with Crippen molar-refractivity contribution in [2.45, 2.75) is 38.6 Å². The molecule has 1 aromatic carbocycles. The Kier molecular flexibility index (Phi) is 4.16. The molecule has 3 rings (SSSR count). The SMILES string of the molecule is CCC1CCC(C(NC)c2ccc3c(c2)OCCO3)C1. The van der Waals surface area contributed by atoms with Crippen LogP contribution in [0, 0.1) is 11.8 Å². The molecule has 3 atom stereocenters. The lowest BCUT2D eigenvalue weighted by atomic mass is 9.90. The predicted octanol–water partition coefficient (Wildman–Crippen LogP) is 3.54. The molecule has 3 heteroatoms. The largest absolute Gasteiger partial charge is 0.486 e. The maximum atomic E-state index is 5.71. The van der Waals surface area contributed by atoms with Crippen molar-refractivity contribution < 1.29 is 9.47 Å². The Balaban J connectivity index is 1.79. The van der Waals surface area contributed by atoms with Gasteiger partial charge in [0.25, 0.3) is 0 Å². The quantitative estimate of drug-likeness (QED) is 0.911. The molecule has 0 bridgehead atoms. The van der Waals surface area contributed by atoms with Crippen LogP contribution in [0.2, 0.25) is 0 Å². The molecule has 0 radical (unpaired) electrons. The van der Waals surface area contributed by atoms with E-state index in [2.05, 4.69) is 37.5 Å². The highest BCUT2D eigenvalue weighted by atomic mass is 16.6. The molecule has 2 aliphatic rings. The lowest BCUT2D eigenvalue weighted by Gasteiger charge is -2.26. The van der Waals surface area contributed by atoms with Crippen molar-refractivity contribution in [2.75, 3.05) is 20.3 Å². The zero-order chi connectivity index (χ0) is 13.9. The molecule has 3 nitrogen and oxygen atoms in total. The standard InChI is InChI=1S/C17H25NO2/c1-3-12-4-5-13(10-12)17(18-2)14-6-7-15-16(11-14)20-9-8-19-15/h6-7,11-13,17-18H,3-5,8-10H2,1-2H3. The van der Waals surface area contributed by atoms with Gasteiger partial charge in [0.15, 0.2) is 11.5 Å². The molecule has 3 unspecified atom stereocenters. The topological polar surface area (TPSA) is 30.5 Å². The zero-order valence-corrected chi connectivity index (χ0v) is 12.5. The Morgan fingerprint density at radius 2 is 2.00 bits per heavy atom. The molecule has 1 fully saturated rings. The first-order valence-electron chi connectivity index (χ1n) is 7.88. The van der Waals surface area contributed by atoms with Crippen molar-refractivity contribution in [2.24, 2.45) is 11.8 Å². The lowest BCUT2D eigenvalue weighted by Crippen LogP contribution is -2.24. The third-order valence-electron chi connectivity index (χ3n) is 4.87. The van der Waals surface area contributed by atoms with Crippen LogP contribution in [0.5, 0.6) is 11.5 Å². The van der Waals surface area contributed by atoms with Gasteiger partial charge in [-0.1, -0.05) is 25.8 Å². The highest BCUT2D eigenvalue weighted by Crippen LogP contribution is 2.42. The summed E-state index contributed by atoms with van der Waals surface area (Å²) in [5.41, 5.74) is 1.33. The molecule has 1 heterocycles. The molecule has 1 aliphatic carbocycles. The van der Waals surface area contributed by atoms with Gasteiger partial charge in [-0.15, -0.1) is 0 Å². The molecule has 1 aliphatic heterocycles. The average molecular weight is 275 g/mol. The first kappa shape index (κ1) is 13.7. The van der Waals surface area contributed by atoms with Gasteiger partial charge in [-0.05, 0) is 49.4 Å². The summed E-state index contributed by atoms with van der Waals surface area (Å²) in [7, 11) is 2.07. The summed E-state index contributed by atoms with van der Waals surface area (Å²) in [5.74, 6) is 3.44. The fourth-order valence-electron chi connectivity index (χ4n) is 3.72. The van der Waals surface area contributed by atoms with E-state index in [-0.39, 0.29) is 0 Å². The van der Waals surface area contributed by atoms with Crippen LogP contribution in [-0.4, -0.2) is 20.3 Å². The van der Waals surface area contributed by atoms with Crippen LogP contribution in [-0.2, 0) is 0 Å². The van der Waals surface area contributed by atoms with Crippen molar-refractivity contribution in [3.63, 3.8) is 0 Å². The number of hydrogen-bond donors (Lipinski definition) is 1. The minimum absolute atomic E-state index is 0.433. The summed E-state index contributed by atoms with van der Waals surface area (Å²) < 4.78 is 11.3. The van der Waals surface area contributed by atoms with Gasteiger partial charge in [0.05, 0.1) is 0 Å². The number of fused-ring (bicyclic) bond motifs is 1. The van der Waals surface area contributed by atoms with Crippen molar-refractivity contribution in [3.05, 3.63) is 23.8 Å². The summed E-state index contributed by atoms with van der Waals surface area (Å²) in [6.07, 6.45) is 5.37.